The molecule has 4 rings (SSSR count). The zero-order valence-electron chi connectivity index (χ0n) is 17.5. The lowest BCUT2D eigenvalue weighted by Crippen LogP contribution is -2.26. The summed E-state index contributed by atoms with van der Waals surface area (Å²) < 4.78 is 46.3. The molecule has 2 N–H and O–H groups in total. The molecular formula is C22H22FN3O4S2. The van der Waals surface area contributed by atoms with Gasteiger partial charge in [0.1, 0.15) is 16.5 Å². The maximum atomic E-state index is 13.1. The average molecular weight is 476 g/mol. The third-order valence-corrected chi connectivity index (χ3v) is 7.62. The van der Waals surface area contributed by atoms with Gasteiger partial charge in [-0.15, -0.1) is 11.3 Å². The Kier molecular flexibility index (Phi) is 6.27. The summed E-state index contributed by atoms with van der Waals surface area (Å²) in [5, 5.41) is 3.14. The Labute approximate surface area is 189 Å². The van der Waals surface area contributed by atoms with E-state index in [1.54, 1.807) is 12.1 Å². The number of sulfonamides is 1. The van der Waals surface area contributed by atoms with E-state index >= 15 is 0 Å². The molecule has 1 fully saturated rings. The molecule has 1 aliphatic carbocycles. The lowest BCUT2D eigenvalue weighted by Gasteiger charge is -2.12. The first kappa shape index (κ1) is 22.4. The van der Waals surface area contributed by atoms with Gasteiger partial charge in [-0.25, -0.2) is 22.5 Å². The quantitative estimate of drug-likeness (QED) is 0.515. The number of ether oxygens (including phenoxy) is 1. The Hall–Kier alpha value is -2.82. The Morgan fingerprint density at radius 2 is 1.94 bits per heavy atom. The van der Waals surface area contributed by atoms with E-state index in [0.29, 0.717) is 11.6 Å². The molecular weight excluding hydrogens is 453 g/mol. The molecule has 1 aromatic heterocycles. The van der Waals surface area contributed by atoms with E-state index in [4.69, 9.17) is 4.74 Å². The number of aromatic nitrogens is 1. The molecule has 3 aromatic rings. The fraction of sp³-hybridized carbons (Fsp3) is 0.273. The van der Waals surface area contributed by atoms with Crippen LogP contribution in [0.15, 0.2) is 47.4 Å². The number of aryl methyl sites for hydroxylation is 1. The second-order valence-electron chi connectivity index (χ2n) is 7.55. The molecule has 0 saturated heterocycles. The van der Waals surface area contributed by atoms with Gasteiger partial charge in [-0.3, -0.25) is 10.1 Å². The summed E-state index contributed by atoms with van der Waals surface area (Å²) in [4.78, 5) is 18.1. The van der Waals surface area contributed by atoms with E-state index in [9.17, 15) is 17.6 Å². The van der Waals surface area contributed by atoms with Gasteiger partial charge in [0.05, 0.1) is 12.8 Å². The number of carbonyl (C=O) groups excluding carboxylic acids is 1. The lowest BCUT2D eigenvalue weighted by molar-refractivity contribution is 0.102. The van der Waals surface area contributed by atoms with E-state index in [1.807, 2.05) is 6.92 Å². The van der Waals surface area contributed by atoms with Crippen LogP contribution >= 0.6 is 11.3 Å². The van der Waals surface area contributed by atoms with Gasteiger partial charge in [0.15, 0.2) is 5.13 Å². The summed E-state index contributed by atoms with van der Waals surface area (Å²) in [6, 6.07) is 10.4. The van der Waals surface area contributed by atoms with Gasteiger partial charge < -0.3 is 4.74 Å². The number of amides is 1. The van der Waals surface area contributed by atoms with Crippen molar-refractivity contribution >= 4 is 32.4 Å². The summed E-state index contributed by atoms with van der Waals surface area (Å²) in [6.45, 7) is 1.84. The van der Waals surface area contributed by atoms with Gasteiger partial charge in [-0.2, -0.15) is 0 Å². The molecule has 0 atom stereocenters. The van der Waals surface area contributed by atoms with Crippen molar-refractivity contribution in [3.63, 3.8) is 0 Å². The van der Waals surface area contributed by atoms with Gasteiger partial charge in [0.2, 0.25) is 10.0 Å². The first-order valence-corrected chi connectivity index (χ1v) is 12.3. The summed E-state index contributed by atoms with van der Waals surface area (Å²) in [5.74, 6) is -0.602. The van der Waals surface area contributed by atoms with Crippen molar-refractivity contribution in [1.29, 1.82) is 0 Å². The summed E-state index contributed by atoms with van der Waals surface area (Å²) in [6.07, 6.45) is 2.16. The summed E-state index contributed by atoms with van der Waals surface area (Å²) >= 11 is 1.32. The lowest BCUT2D eigenvalue weighted by atomic mass is 10.1. The van der Waals surface area contributed by atoms with E-state index in [-0.39, 0.29) is 28.1 Å². The van der Waals surface area contributed by atoms with Crippen LogP contribution in [0, 0.1) is 12.7 Å². The monoisotopic (exact) mass is 475 g/mol. The fourth-order valence-corrected chi connectivity index (χ4v) is 5.61. The number of hydrogen-bond acceptors (Lipinski definition) is 6. The normalized spacial score (nSPS) is 13.7. The molecule has 1 saturated carbocycles. The molecule has 168 valence electrons. The summed E-state index contributed by atoms with van der Waals surface area (Å²) in [5.41, 5.74) is 1.88. The third-order valence-electron chi connectivity index (χ3n) is 5.01. The SMILES string of the molecule is COc1ccc(C(=O)Nc2nc(C)c(Cc3ccc(F)cc3)s2)cc1S(=O)(=O)NC1CC1. The molecule has 10 heteroatoms. The van der Waals surface area contributed by atoms with Crippen LogP contribution in [0.25, 0.3) is 0 Å². The topological polar surface area (TPSA) is 97.4 Å². The van der Waals surface area contributed by atoms with Crippen LogP contribution in [0.2, 0.25) is 0 Å². The highest BCUT2D eigenvalue weighted by atomic mass is 32.2. The van der Waals surface area contributed by atoms with Crippen molar-refractivity contribution in [2.24, 2.45) is 0 Å². The highest BCUT2D eigenvalue weighted by Crippen LogP contribution is 2.29. The maximum Gasteiger partial charge on any atom is 0.257 e. The minimum absolute atomic E-state index is 0.0694. The van der Waals surface area contributed by atoms with Crippen LogP contribution in [0.3, 0.4) is 0 Å². The minimum atomic E-state index is -3.80. The maximum absolute atomic E-state index is 13.1. The number of hydrogen-bond donors (Lipinski definition) is 2. The van der Waals surface area contributed by atoms with Gasteiger partial charge in [0.25, 0.3) is 5.91 Å². The number of thiazole rings is 1. The van der Waals surface area contributed by atoms with Crippen molar-refractivity contribution in [2.45, 2.75) is 37.1 Å². The standard InChI is InChI=1S/C22H22FN3O4S2/c1-13-19(11-14-3-6-16(23)7-4-14)31-22(24-13)25-21(27)15-5-10-18(30-2)20(12-15)32(28,29)26-17-8-9-17/h3-7,10,12,17,26H,8-9,11H2,1-2H3,(H,24,25,27). The number of rotatable bonds is 8. The average Bonchev–Trinajstić information content (AvgIpc) is 3.50. The molecule has 0 unspecified atom stereocenters. The van der Waals surface area contributed by atoms with Crippen molar-refractivity contribution in [2.75, 3.05) is 12.4 Å². The first-order valence-electron chi connectivity index (χ1n) is 9.97. The van der Waals surface area contributed by atoms with Crippen LogP contribution in [0.4, 0.5) is 9.52 Å². The number of benzene rings is 2. The van der Waals surface area contributed by atoms with E-state index in [0.717, 1.165) is 29.0 Å². The largest absolute Gasteiger partial charge is 0.495 e. The first-order chi connectivity index (χ1) is 15.2. The van der Waals surface area contributed by atoms with E-state index < -0.39 is 15.9 Å². The highest BCUT2D eigenvalue weighted by molar-refractivity contribution is 7.89. The number of anilines is 1. The molecule has 0 spiro atoms. The third kappa shape index (κ3) is 5.14. The van der Waals surface area contributed by atoms with E-state index in [2.05, 4.69) is 15.0 Å². The smallest absolute Gasteiger partial charge is 0.257 e. The molecule has 0 radical (unpaired) electrons. The highest BCUT2D eigenvalue weighted by Gasteiger charge is 2.30. The number of halogens is 1. The van der Waals surface area contributed by atoms with Gasteiger partial charge in [0, 0.05) is 22.9 Å². The summed E-state index contributed by atoms with van der Waals surface area (Å²) in [7, 11) is -2.42. The van der Waals surface area contributed by atoms with Crippen LogP contribution in [-0.2, 0) is 16.4 Å². The number of nitrogens with zero attached hydrogens (tertiary/aromatic N) is 1. The zero-order chi connectivity index (χ0) is 22.9. The minimum Gasteiger partial charge on any atom is -0.495 e. The second kappa shape index (κ2) is 8.97. The van der Waals surface area contributed by atoms with Crippen molar-refractivity contribution in [3.05, 3.63) is 70.0 Å². The predicted molar refractivity (Wildman–Crippen MR) is 120 cm³/mol. The van der Waals surface area contributed by atoms with Crippen molar-refractivity contribution in [1.82, 2.24) is 9.71 Å². The molecule has 1 heterocycles. The molecule has 1 aliphatic rings. The van der Waals surface area contributed by atoms with Crippen molar-refractivity contribution < 1.29 is 22.3 Å². The number of nitrogens with one attached hydrogen (secondary N) is 2. The molecule has 2 aromatic carbocycles. The fourth-order valence-electron chi connectivity index (χ4n) is 3.11. The molecule has 7 nitrogen and oxygen atoms in total. The van der Waals surface area contributed by atoms with Gasteiger partial charge in [-0.1, -0.05) is 12.1 Å². The molecule has 0 aliphatic heterocycles. The molecule has 32 heavy (non-hydrogen) atoms. The van der Waals surface area contributed by atoms with Crippen molar-refractivity contribution in [3.8, 4) is 5.75 Å². The van der Waals surface area contributed by atoms with Gasteiger partial charge in [-0.05, 0) is 55.7 Å². The predicted octanol–water partition coefficient (Wildman–Crippen LogP) is 3.88. The Morgan fingerprint density at radius 1 is 1.22 bits per heavy atom. The number of carbonyl (C=O) groups is 1. The van der Waals surface area contributed by atoms with E-state index in [1.165, 1.54) is 48.8 Å². The van der Waals surface area contributed by atoms with Crippen LogP contribution < -0.4 is 14.8 Å². The second-order valence-corrected chi connectivity index (χ2v) is 10.3. The number of methoxy groups -OCH3 is 1. The Morgan fingerprint density at radius 3 is 2.59 bits per heavy atom. The Balaban J connectivity index is 1.52. The van der Waals surface area contributed by atoms with Crippen LogP contribution in [0.1, 0.15) is 39.3 Å². The molecule has 0 bridgehead atoms. The Bertz CT molecular complexity index is 1250. The zero-order valence-corrected chi connectivity index (χ0v) is 19.1. The molecule has 1 amide bonds. The van der Waals surface area contributed by atoms with Crippen LogP contribution in [-0.4, -0.2) is 32.5 Å². The van der Waals surface area contributed by atoms with Crippen LogP contribution in [0.5, 0.6) is 5.75 Å². The van der Waals surface area contributed by atoms with Gasteiger partial charge >= 0.3 is 0 Å².